The van der Waals surface area contributed by atoms with Gasteiger partial charge in [-0.15, -0.1) is 11.6 Å². The summed E-state index contributed by atoms with van der Waals surface area (Å²) >= 11 is 11.6. The molecular formula is C13H15Cl2NO3. The third-order valence-electron chi connectivity index (χ3n) is 2.44. The molecule has 1 aromatic rings. The van der Waals surface area contributed by atoms with E-state index < -0.39 is 0 Å². The molecule has 0 aliphatic heterocycles. The normalized spacial score (nSPS) is 10.1. The minimum Gasteiger partial charge on any atom is -0.496 e. The van der Waals surface area contributed by atoms with Gasteiger partial charge >= 0.3 is 0 Å². The Labute approximate surface area is 122 Å². The maximum absolute atomic E-state index is 11.6. The number of benzene rings is 1. The zero-order chi connectivity index (χ0) is 14.4. The van der Waals surface area contributed by atoms with E-state index >= 15 is 0 Å². The van der Waals surface area contributed by atoms with Crippen molar-refractivity contribution in [3.05, 3.63) is 22.7 Å². The Balaban J connectivity index is 3.02. The van der Waals surface area contributed by atoms with E-state index in [1.165, 1.54) is 14.0 Å². The highest BCUT2D eigenvalue weighted by Crippen LogP contribution is 2.31. The van der Waals surface area contributed by atoms with Crippen molar-refractivity contribution in [1.82, 2.24) is 0 Å². The van der Waals surface area contributed by atoms with Crippen molar-refractivity contribution in [2.24, 2.45) is 0 Å². The molecule has 0 unspecified atom stereocenters. The molecule has 0 heterocycles. The maximum Gasteiger partial charge on any atom is 0.221 e. The van der Waals surface area contributed by atoms with Gasteiger partial charge in [-0.25, -0.2) is 0 Å². The molecule has 1 amide bonds. The minimum atomic E-state index is -0.227. The zero-order valence-corrected chi connectivity index (χ0v) is 12.3. The molecule has 0 radical (unpaired) electrons. The molecule has 0 saturated carbocycles. The van der Waals surface area contributed by atoms with Gasteiger partial charge in [-0.2, -0.15) is 0 Å². The first-order chi connectivity index (χ1) is 8.97. The molecule has 0 atom stereocenters. The summed E-state index contributed by atoms with van der Waals surface area (Å²) in [5.74, 6) is 0.585. The summed E-state index contributed by atoms with van der Waals surface area (Å²) in [6, 6.07) is 3.23. The second-order valence-corrected chi connectivity index (χ2v) is 4.76. The van der Waals surface area contributed by atoms with Gasteiger partial charge in [0.1, 0.15) is 11.5 Å². The van der Waals surface area contributed by atoms with Crippen molar-refractivity contribution < 1.29 is 14.3 Å². The van der Waals surface area contributed by atoms with Crippen LogP contribution >= 0.6 is 23.2 Å². The number of Topliss-reactive ketones (excluding diaryl/α,β-unsaturated/α-hetero) is 1. The Morgan fingerprint density at radius 1 is 1.37 bits per heavy atom. The quantitative estimate of drug-likeness (QED) is 0.822. The molecule has 0 aliphatic rings. The van der Waals surface area contributed by atoms with Crippen molar-refractivity contribution in [1.29, 1.82) is 0 Å². The van der Waals surface area contributed by atoms with E-state index in [4.69, 9.17) is 27.9 Å². The number of carbonyl (C=O) groups excluding carboxylic acids is 2. The molecule has 0 spiro atoms. The maximum atomic E-state index is 11.6. The smallest absolute Gasteiger partial charge is 0.221 e. The Kier molecular flexibility index (Phi) is 6.12. The van der Waals surface area contributed by atoms with Crippen molar-refractivity contribution in [2.45, 2.75) is 19.8 Å². The van der Waals surface area contributed by atoms with Crippen LogP contribution in [0, 0.1) is 0 Å². The van der Waals surface area contributed by atoms with Crippen LogP contribution in [0.2, 0.25) is 5.02 Å². The van der Waals surface area contributed by atoms with Crippen molar-refractivity contribution in [3.8, 4) is 5.75 Å². The van der Waals surface area contributed by atoms with Crippen LogP contribution in [-0.4, -0.2) is 24.7 Å². The Hall–Kier alpha value is -1.26. The van der Waals surface area contributed by atoms with Crippen molar-refractivity contribution in [2.75, 3.05) is 18.3 Å². The largest absolute Gasteiger partial charge is 0.496 e. The summed E-state index contributed by atoms with van der Waals surface area (Å²) in [5, 5.41) is 2.96. The predicted octanol–water partition coefficient (Wildman–Crippen LogP) is 3.05. The van der Waals surface area contributed by atoms with Crippen LogP contribution in [0.5, 0.6) is 5.75 Å². The van der Waals surface area contributed by atoms with Gasteiger partial charge in [0.15, 0.2) is 0 Å². The number of anilines is 1. The van der Waals surface area contributed by atoms with Crippen LogP contribution in [0.15, 0.2) is 12.1 Å². The van der Waals surface area contributed by atoms with E-state index in [-0.39, 0.29) is 18.1 Å². The fourth-order valence-corrected chi connectivity index (χ4v) is 2.06. The predicted molar refractivity (Wildman–Crippen MR) is 76.4 cm³/mol. The second kappa shape index (κ2) is 7.36. The molecule has 0 aliphatic carbocycles. The first kappa shape index (κ1) is 15.8. The fourth-order valence-electron chi connectivity index (χ4n) is 1.61. The van der Waals surface area contributed by atoms with E-state index in [2.05, 4.69) is 5.32 Å². The van der Waals surface area contributed by atoms with E-state index in [9.17, 15) is 9.59 Å². The SMILES string of the molecule is COc1cc(NC(C)=O)c(Cl)cc1CC(=O)CCCl. The highest BCUT2D eigenvalue weighted by molar-refractivity contribution is 6.33. The number of hydrogen-bond acceptors (Lipinski definition) is 3. The summed E-state index contributed by atoms with van der Waals surface area (Å²) in [5.41, 5.74) is 1.14. The minimum absolute atomic E-state index is 0.0108. The van der Waals surface area contributed by atoms with Gasteiger partial charge in [-0.1, -0.05) is 11.6 Å². The molecule has 104 valence electrons. The second-order valence-electron chi connectivity index (χ2n) is 3.98. The number of alkyl halides is 1. The van der Waals surface area contributed by atoms with E-state index in [0.29, 0.717) is 34.3 Å². The molecule has 19 heavy (non-hydrogen) atoms. The number of hydrogen-bond donors (Lipinski definition) is 1. The van der Waals surface area contributed by atoms with Gasteiger partial charge in [0.05, 0.1) is 17.8 Å². The molecule has 1 aromatic carbocycles. The van der Waals surface area contributed by atoms with Gasteiger partial charge in [-0.05, 0) is 6.07 Å². The average Bonchev–Trinajstić information content (AvgIpc) is 2.32. The number of rotatable bonds is 6. The number of methoxy groups -OCH3 is 1. The lowest BCUT2D eigenvalue weighted by molar-refractivity contribution is -0.118. The Bertz CT molecular complexity index is 489. The van der Waals surface area contributed by atoms with Crippen LogP contribution in [0.25, 0.3) is 0 Å². The van der Waals surface area contributed by atoms with Crippen molar-refractivity contribution >= 4 is 40.6 Å². The van der Waals surface area contributed by atoms with Gasteiger partial charge in [0.2, 0.25) is 5.91 Å². The first-order valence-electron chi connectivity index (χ1n) is 5.69. The number of amides is 1. The molecule has 1 rings (SSSR count). The molecule has 0 bridgehead atoms. The van der Waals surface area contributed by atoms with Crippen LogP contribution in [-0.2, 0) is 16.0 Å². The molecule has 0 aromatic heterocycles. The number of halogens is 2. The van der Waals surface area contributed by atoms with Crippen LogP contribution < -0.4 is 10.1 Å². The van der Waals surface area contributed by atoms with Crippen molar-refractivity contribution in [3.63, 3.8) is 0 Å². The summed E-state index contributed by atoms with van der Waals surface area (Å²) in [6.07, 6.45) is 0.506. The average molecular weight is 304 g/mol. The Morgan fingerprint density at radius 3 is 2.58 bits per heavy atom. The summed E-state index contributed by atoms with van der Waals surface area (Å²) < 4.78 is 5.21. The van der Waals surface area contributed by atoms with Gasteiger partial charge < -0.3 is 10.1 Å². The number of nitrogens with one attached hydrogen (secondary N) is 1. The standard InChI is InChI=1S/C13H15Cl2NO3/c1-8(17)16-12-7-13(19-2)9(6-11(12)15)5-10(18)3-4-14/h6-7H,3-5H2,1-2H3,(H,16,17). The van der Waals surface area contributed by atoms with E-state index in [1.54, 1.807) is 12.1 Å². The van der Waals surface area contributed by atoms with Crippen LogP contribution in [0.4, 0.5) is 5.69 Å². The monoisotopic (exact) mass is 303 g/mol. The lowest BCUT2D eigenvalue weighted by Gasteiger charge is -2.12. The zero-order valence-electron chi connectivity index (χ0n) is 10.8. The number of ketones is 1. The summed E-state index contributed by atoms with van der Waals surface area (Å²) in [4.78, 5) is 22.6. The number of carbonyl (C=O) groups is 2. The summed E-state index contributed by atoms with van der Waals surface area (Å²) in [6.45, 7) is 1.39. The number of ether oxygens (including phenoxy) is 1. The third kappa shape index (κ3) is 4.73. The van der Waals surface area contributed by atoms with E-state index in [0.717, 1.165) is 0 Å². The molecular weight excluding hydrogens is 289 g/mol. The molecule has 0 saturated heterocycles. The highest BCUT2D eigenvalue weighted by Gasteiger charge is 2.13. The lowest BCUT2D eigenvalue weighted by Crippen LogP contribution is -2.09. The molecule has 4 nitrogen and oxygen atoms in total. The topological polar surface area (TPSA) is 55.4 Å². The van der Waals surface area contributed by atoms with Gasteiger partial charge in [0.25, 0.3) is 0 Å². The first-order valence-corrected chi connectivity index (χ1v) is 6.60. The Morgan fingerprint density at radius 2 is 2.05 bits per heavy atom. The van der Waals surface area contributed by atoms with Gasteiger partial charge in [0, 0.05) is 37.3 Å². The summed E-state index contributed by atoms with van der Waals surface area (Å²) in [7, 11) is 1.50. The molecule has 1 N–H and O–H groups in total. The molecule has 0 fully saturated rings. The van der Waals surface area contributed by atoms with Crippen LogP contribution in [0.1, 0.15) is 18.9 Å². The molecule has 6 heteroatoms. The van der Waals surface area contributed by atoms with Gasteiger partial charge in [-0.3, -0.25) is 9.59 Å². The highest BCUT2D eigenvalue weighted by atomic mass is 35.5. The lowest BCUT2D eigenvalue weighted by atomic mass is 10.1. The third-order valence-corrected chi connectivity index (χ3v) is 2.94. The fraction of sp³-hybridized carbons (Fsp3) is 0.385. The van der Waals surface area contributed by atoms with Crippen LogP contribution in [0.3, 0.4) is 0 Å². The van der Waals surface area contributed by atoms with E-state index in [1.807, 2.05) is 0 Å².